The van der Waals surface area contributed by atoms with Gasteiger partial charge in [-0.2, -0.15) is 0 Å². The summed E-state index contributed by atoms with van der Waals surface area (Å²) < 4.78 is 20.0. The first kappa shape index (κ1) is 18.0. The van der Waals surface area contributed by atoms with Gasteiger partial charge in [-0.25, -0.2) is 4.39 Å². The predicted octanol–water partition coefficient (Wildman–Crippen LogP) is 4.10. The highest BCUT2D eigenvalue weighted by Crippen LogP contribution is 2.49. The average Bonchev–Trinajstić information content (AvgIpc) is 2.57. The molecular formula is C21H23FN2O2S. The van der Waals surface area contributed by atoms with E-state index in [0.29, 0.717) is 29.3 Å². The van der Waals surface area contributed by atoms with Crippen LogP contribution in [0.3, 0.4) is 0 Å². The van der Waals surface area contributed by atoms with Crippen molar-refractivity contribution in [2.75, 3.05) is 0 Å². The van der Waals surface area contributed by atoms with Crippen LogP contribution in [0.4, 0.5) is 4.39 Å². The molecule has 1 spiro atoms. The minimum absolute atomic E-state index is 0.00199. The van der Waals surface area contributed by atoms with Gasteiger partial charge in [-0.3, -0.25) is 0 Å². The van der Waals surface area contributed by atoms with E-state index in [0.717, 1.165) is 11.1 Å². The number of benzene rings is 2. The van der Waals surface area contributed by atoms with Crippen LogP contribution >= 0.6 is 12.2 Å². The summed E-state index contributed by atoms with van der Waals surface area (Å²) in [6.45, 7) is 6.02. The van der Waals surface area contributed by atoms with Crippen LogP contribution in [-0.4, -0.2) is 21.5 Å². The standard InChI is InChI=1S/C21H23FN2O2S/c1-12-17(25)9-8-15-16(13-4-6-14(22)7-5-13)10-21(26-18(12)15)11-20(2,3)23-19(27)24-21/h4-9,16,25H,10-11H2,1-3H3,(H2,23,24,27). The molecule has 0 aromatic heterocycles. The van der Waals surface area contributed by atoms with Crippen LogP contribution in [0.5, 0.6) is 11.5 Å². The number of phenolic OH excluding ortho intramolecular Hbond substituents is 1. The second-order valence-electron chi connectivity index (χ2n) is 8.17. The van der Waals surface area contributed by atoms with Crippen LogP contribution in [0.15, 0.2) is 36.4 Å². The van der Waals surface area contributed by atoms with Gasteiger partial charge < -0.3 is 20.5 Å². The van der Waals surface area contributed by atoms with E-state index in [1.54, 1.807) is 6.07 Å². The Morgan fingerprint density at radius 2 is 1.85 bits per heavy atom. The lowest BCUT2D eigenvalue weighted by molar-refractivity contribution is -0.0134. The van der Waals surface area contributed by atoms with E-state index < -0.39 is 5.72 Å². The van der Waals surface area contributed by atoms with Gasteiger partial charge in [-0.15, -0.1) is 0 Å². The second-order valence-corrected chi connectivity index (χ2v) is 8.58. The first-order valence-corrected chi connectivity index (χ1v) is 9.46. The Hall–Kier alpha value is -2.34. The van der Waals surface area contributed by atoms with Crippen molar-refractivity contribution in [2.24, 2.45) is 0 Å². The highest BCUT2D eigenvalue weighted by Gasteiger charge is 2.49. The largest absolute Gasteiger partial charge is 0.508 e. The zero-order valence-electron chi connectivity index (χ0n) is 15.6. The number of hydrogen-bond donors (Lipinski definition) is 3. The molecular weight excluding hydrogens is 363 g/mol. The third-order valence-corrected chi connectivity index (χ3v) is 5.61. The normalized spacial score (nSPS) is 25.9. The molecule has 2 aromatic rings. The Morgan fingerprint density at radius 1 is 1.15 bits per heavy atom. The van der Waals surface area contributed by atoms with Crippen molar-refractivity contribution in [3.63, 3.8) is 0 Å². The molecule has 0 bridgehead atoms. The van der Waals surface area contributed by atoms with E-state index in [9.17, 15) is 9.50 Å². The molecule has 2 atom stereocenters. The summed E-state index contributed by atoms with van der Waals surface area (Å²) >= 11 is 5.44. The van der Waals surface area contributed by atoms with Crippen LogP contribution in [0.1, 0.15) is 49.3 Å². The Kier molecular flexibility index (Phi) is 4.07. The fourth-order valence-electron chi connectivity index (χ4n) is 4.31. The molecule has 142 valence electrons. The molecule has 0 aliphatic carbocycles. The van der Waals surface area contributed by atoms with Crippen LogP contribution in [0.25, 0.3) is 0 Å². The molecule has 0 radical (unpaired) electrons. The topological polar surface area (TPSA) is 53.5 Å². The van der Waals surface area contributed by atoms with E-state index in [-0.39, 0.29) is 23.0 Å². The molecule has 4 rings (SSSR count). The molecule has 2 aromatic carbocycles. The molecule has 27 heavy (non-hydrogen) atoms. The van der Waals surface area contributed by atoms with Crippen molar-refractivity contribution in [1.29, 1.82) is 0 Å². The van der Waals surface area contributed by atoms with Gasteiger partial charge in [0.1, 0.15) is 17.3 Å². The van der Waals surface area contributed by atoms with Gasteiger partial charge in [0.05, 0.1) is 0 Å². The van der Waals surface area contributed by atoms with Gasteiger partial charge >= 0.3 is 0 Å². The van der Waals surface area contributed by atoms with E-state index in [1.807, 2.05) is 25.1 Å². The van der Waals surface area contributed by atoms with E-state index in [4.69, 9.17) is 17.0 Å². The number of halogens is 1. The van der Waals surface area contributed by atoms with E-state index in [1.165, 1.54) is 12.1 Å². The lowest BCUT2D eigenvalue weighted by Gasteiger charge is -2.51. The number of phenols is 1. The summed E-state index contributed by atoms with van der Waals surface area (Å²) in [6.07, 6.45) is 1.34. The average molecular weight is 386 g/mol. The Bertz CT molecular complexity index is 913. The molecule has 0 saturated carbocycles. The SMILES string of the molecule is Cc1c(O)ccc2c1OC1(CC2c2ccc(F)cc2)CC(C)(C)NC(=S)N1. The number of thiocarbonyl (C=S) groups is 1. The van der Waals surface area contributed by atoms with Crippen molar-refractivity contribution >= 4 is 17.3 Å². The fourth-order valence-corrected chi connectivity index (χ4v) is 4.78. The minimum Gasteiger partial charge on any atom is -0.508 e. The van der Waals surface area contributed by atoms with Crippen LogP contribution < -0.4 is 15.4 Å². The first-order chi connectivity index (χ1) is 12.7. The van der Waals surface area contributed by atoms with Gasteiger partial charge in [0.25, 0.3) is 0 Å². The maximum Gasteiger partial charge on any atom is 0.185 e. The highest BCUT2D eigenvalue weighted by molar-refractivity contribution is 7.80. The summed E-state index contributed by atoms with van der Waals surface area (Å²) in [5.41, 5.74) is 1.76. The molecule has 2 unspecified atom stereocenters. The summed E-state index contributed by atoms with van der Waals surface area (Å²) in [5, 5.41) is 17.4. The number of aromatic hydroxyl groups is 1. The molecule has 2 aliphatic heterocycles. The Balaban J connectivity index is 1.86. The highest BCUT2D eigenvalue weighted by atomic mass is 32.1. The monoisotopic (exact) mass is 386 g/mol. The number of ether oxygens (including phenoxy) is 1. The van der Waals surface area contributed by atoms with E-state index >= 15 is 0 Å². The first-order valence-electron chi connectivity index (χ1n) is 9.05. The van der Waals surface area contributed by atoms with Crippen molar-refractivity contribution in [2.45, 2.75) is 50.8 Å². The molecule has 3 N–H and O–H groups in total. The zero-order chi connectivity index (χ0) is 19.4. The van der Waals surface area contributed by atoms with Crippen molar-refractivity contribution in [3.05, 3.63) is 58.9 Å². The van der Waals surface area contributed by atoms with Crippen LogP contribution in [0, 0.1) is 12.7 Å². The molecule has 6 heteroatoms. The Morgan fingerprint density at radius 3 is 2.52 bits per heavy atom. The molecule has 0 amide bonds. The summed E-state index contributed by atoms with van der Waals surface area (Å²) in [5.74, 6) is 0.603. The molecule has 2 aliphatic rings. The number of rotatable bonds is 1. The summed E-state index contributed by atoms with van der Waals surface area (Å²) in [7, 11) is 0. The van der Waals surface area contributed by atoms with Crippen LogP contribution in [0.2, 0.25) is 0 Å². The van der Waals surface area contributed by atoms with Gasteiger partial charge in [-0.05, 0) is 56.8 Å². The third-order valence-electron chi connectivity index (χ3n) is 5.41. The smallest absolute Gasteiger partial charge is 0.185 e. The maximum absolute atomic E-state index is 13.5. The molecule has 1 fully saturated rings. The molecule has 2 heterocycles. The summed E-state index contributed by atoms with van der Waals surface area (Å²) in [6, 6.07) is 10.2. The van der Waals surface area contributed by atoms with Crippen LogP contribution in [-0.2, 0) is 0 Å². The lowest BCUT2D eigenvalue weighted by Crippen LogP contribution is -2.69. The van der Waals surface area contributed by atoms with Gasteiger partial charge in [0, 0.05) is 35.4 Å². The second kappa shape index (κ2) is 6.09. The summed E-state index contributed by atoms with van der Waals surface area (Å²) in [4.78, 5) is 0. The number of hydrogen-bond acceptors (Lipinski definition) is 3. The van der Waals surface area contributed by atoms with Gasteiger partial charge in [0.2, 0.25) is 0 Å². The molecule has 4 nitrogen and oxygen atoms in total. The lowest BCUT2D eigenvalue weighted by atomic mass is 9.77. The minimum atomic E-state index is -0.698. The van der Waals surface area contributed by atoms with Gasteiger partial charge in [-0.1, -0.05) is 18.2 Å². The van der Waals surface area contributed by atoms with E-state index in [2.05, 4.69) is 24.5 Å². The maximum atomic E-state index is 13.5. The molecule has 1 saturated heterocycles. The third kappa shape index (κ3) is 3.23. The Labute approximate surface area is 163 Å². The quantitative estimate of drug-likeness (QED) is 0.645. The zero-order valence-corrected chi connectivity index (χ0v) is 16.4. The van der Waals surface area contributed by atoms with Crippen molar-refractivity contribution in [3.8, 4) is 11.5 Å². The van der Waals surface area contributed by atoms with Gasteiger partial charge in [0.15, 0.2) is 10.8 Å². The van der Waals surface area contributed by atoms with Crippen molar-refractivity contribution < 1.29 is 14.2 Å². The van der Waals surface area contributed by atoms with Crippen molar-refractivity contribution in [1.82, 2.24) is 10.6 Å². The fraction of sp³-hybridized carbons (Fsp3) is 0.381. The number of fused-ring (bicyclic) bond motifs is 1. The number of nitrogens with one attached hydrogen (secondary N) is 2. The predicted molar refractivity (Wildman–Crippen MR) is 107 cm³/mol.